The van der Waals surface area contributed by atoms with Crippen molar-refractivity contribution < 1.29 is 5.11 Å². The summed E-state index contributed by atoms with van der Waals surface area (Å²) in [5.74, 6) is 0.949. The SMILES string of the molecule is C=C/C=C(/C)N(CC)c1cc(NC)c(/C=C\CCC)cn1.OC1CCCCC1. The summed E-state index contributed by atoms with van der Waals surface area (Å²) >= 11 is 0. The van der Waals surface area contributed by atoms with Crippen molar-refractivity contribution in [2.24, 2.45) is 0 Å². The molecule has 0 aliphatic heterocycles. The van der Waals surface area contributed by atoms with Crippen molar-refractivity contribution in [2.45, 2.75) is 71.8 Å². The topological polar surface area (TPSA) is 48.4 Å². The quantitative estimate of drug-likeness (QED) is 0.526. The summed E-state index contributed by atoms with van der Waals surface area (Å²) in [5.41, 5.74) is 3.35. The number of nitrogens with one attached hydrogen (secondary N) is 1. The van der Waals surface area contributed by atoms with E-state index >= 15 is 0 Å². The van der Waals surface area contributed by atoms with E-state index in [2.05, 4.69) is 60.8 Å². The van der Waals surface area contributed by atoms with E-state index in [0.29, 0.717) is 0 Å². The fourth-order valence-electron chi connectivity index (χ4n) is 3.26. The molecule has 1 heterocycles. The van der Waals surface area contributed by atoms with Crippen LogP contribution < -0.4 is 10.2 Å². The smallest absolute Gasteiger partial charge is 0.134 e. The van der Waals surface area contributed by atoms with Gasteiger partial charge in [0.2, 0.25) is 0 Å². The Balaban J connectivity index is 0.000000467. The first-order valence-corrected chi connectivity index (χ1v) is 10.7. The van der Waals surface area contributed by atoms with Gasteiger partial charge in [0, 0.05) is 42.8 Å². The first-order valence-electron chi connectivity index (χ1n) is 10.7. The van der Waals surface area contributed by atoms with E-state index in [0.717, 1.165) is 55.0 Å². The fraction of sp³-hybridized carbons (Fsp3) is 0.542. The summed E-state index contributed by atoms with van der Waals surface area (Å²) in [6.07, 6.45) is 18.2. The maximum Gasteiger partial charge on any atom is 0.134 e. The molecule has 0 amide bonds. The number of hydrogen-bond donors (Lipinski definition) is 2. The van der Waals surface area contributed by atoms with E-state index in [1.165, 1.54) is 19.3 Å². The van der Waals surface area contributed by atoms with Gasteiger partial charge in [-0.1, -0.05) is 57.4 Å². The monoisotopic (exact) mass is 385 g/mol. The highest BCUT2D eigenvalue weighted by Gasteiger charge is 2.10. The molecule has 1 aromatic rings. The second-order valence-corrected chi connectivity index (χ2v) is 7.15. The average Bonchev–Trinajstić information content (AvgIpc) is 2.71. The fourth-order valence-corrected chi connectivity index (χ4v) is 3.26. The number of aromatic nitrogens is 1. The van der Waals surface area contributed by atoms with Crippen molar-refractivity contribution >= 4 is 17.6 Å². The molecule has 0 atom stereocenters. The van der Waals surface area contributed by atoms with Gasteiger partial charge < -0.3 is 15.3 Å². The number of aliphatic hydroxyl groups excluding tert-OH is 1. The summed E-state index contributed by atoms with van der Waals surface area (Å²) in [5, 5.41) is 12.2. The molecule has 2 N–H and O–H groups in total. The number of pyridine rings is 1. The lowest BCUT2D eigenvalue weighted by Gasteiger charge is -2.23. The minimum atomic E-state index is 0.0359. The van der Waals surface area contributed by atoms with Gasteiger partial charge in [-0.3, -0.25) is 0 Å². The van der Waals surface area contributed by atoms with Crippen molar-refractivity contribution in [3.8, 4) is 0 Å². The predicted octanol–water partition coefficient (Wildman–Crippen LogP) is 6.16. The maximum atomic E-state index is 8.91. The van der Waals surface area contributed by atoms with Gasteiger partial charge in [-0.25, -0.2) is 4.98 Å². The Labute approximate surface area is 172 Å². The van der Waals surface area contributed by atoms with E-state index in [9.17, 15) is 0 Å². The van der Waals surface area contributed by atoms with Crippen LogP contribution in [0.1, 0.15) is 71.3 Å². The molecule has 1 saturated carbocycles. The molecule has 0 saturated heterocycles. The van der Waals surface area contributed by atoms with Crippen molar-refractivity contribution in [1.82, 2.24) is 4.98 Å². The number of nitrogens with zero attached hydrogens (tertiary/aromatic N) is 2. The molecule has 0 unspecified atom stereocenters. The van der Waals surface area contributed by atoms with E-state index < -0.39 is 0 Å². The molecular formula is C24H39N3O. The summed E-state index contributed by atoms with van der Waals surface area (Å²) < 4.78 is 0. The van der Waals surface area contributed by atoms with E-state index in [4.69, 9.17) is 5.11 Å². The van der Waals surface area contributed by atoms with Crippen LogP contribution in [0.3, 0.4) is 0 Å². The molecule has 0 spiro atoms. The maximum absolute atomic E-state index is 8.91. The number of hydrogen-bond acceptors (Lipinski definition) is 4. The standard InChI is InChI=1S/C18H27N3.C6H12O/c1-6-9-10-12-16-14-20-18(13-17(16)19-5)21(8-3)15(4)11-7-2;7-6-4-2-1-3-5-6/h7,10-14H,2,6,8-9H2,1,3-5H3,(H,19,20);6-7H,1-5H2/b12-10-,15-11-;. The molecule has 28 heavy (non-hydrogen) atoms. The third kappa shape index (κ3) is 8.30. The van der Waals surface area contributed by atoms with E-state index in [1.54, 1.807) is 6.08 Å². The Morgan fingerprint density at radius 3 is 2.54 bits per heavy atom. The van der Waals surface area contributed by atoms with Crippen LogP contribution in [0.4, 0.5) is 11.5 Å². The van der Waals surface area contributed by atoms with Crippen LogP contribution in [0.25, 0.3) is 6.08 Å². The van der Waals surface area contributed by atoms with E-state index in [1.807, 2.05) is 19.3 Å². The first-order chi connectivity index (χ1) is 13.6. The highest BCUT2D eigenvalue weighted by molar-refractivity contribution is 5.69. The second-order valence-electron chi connectivity index (χ2n) is 7.15. The van der Waals surface area contributed by atoms with Crippen LogP contribution >= 0.6 is 0 Å². The zero-order valence-electron chi connectivity index (χ0n) is 18.2. The molecule has 0 aromatic carbocycles. The largest absolute Gasteiger partial charge is 0.393 e. The zero-order valence-corrected chi connectivity index (χ0v) is 18.2. The van der Waals surface area contributed by atoms with Crippen molar-refractivity contribution in [1.29, 1.82) is 0 Å². The lowest BCUT2D eigenvalue weighted by Crippen LogP contribution is -2.21. The predicted molar refractivity (Wildman–Crippen MR) is 124 cm³/mol. The van der Waals surface area contributed by atoms with Gasteiger partial charge in [0.25, 0.3) is 0 Å². The van der Waals surface area contributed by atoms with Crippen LogP contribution in [0, 0.1) is 0 Å². The van der Waals surface area contributed by atoms with Gasteiger partial charge in [0.1, 0.15) is 5.82 Å². The van der Waals surface area contributed by atoms with Crippen LogP contribution in [0.15, 0.2) is 42.8 Å². The van der Waals surface area contributed by atoms with Gasteiger partial charge in [-0.2, -0.15) is 0 Å². The average molecular weight is 386 g/mol. The number of allylic oxidation sites excluding steroid dienone is 4. The molecule has 0 bridgehead atoms. The Morgan fingerprint density at radius 1 is 1.32 bits per heavy atom. The Kier molecular flexibility index (Phi) is 12.0. The summed E-state index contributed by atoms with van der Waals surface area (Å²) in [7, 11) is 1.94. The minimum absolute atomic E-state index is 0.0359. The normalized spacial score (nSPS) is 15.1. The molecule has 156 valence electrons. The van der Waals surface area contributed by atoms with Crippen molar-refractivity contribution in [3.63, 3.8) is 0 Å². The van der Waals surface area contributed by atoms with Crippen molar-refractivity contribution in [2.75, 3.05) is 23.8 Å². The molecule has 2 rings (SSSR count). The molecule has 0 radical (unpaired) electrons. The zero-order chi connectivity index (χ0) is 20.8. The number of anilines is 2. The molecule has 1 aliphatic rings. The second kappa shape index (κ2) is 14.0. The van der Waals surface area contributed by atoms with Crippen LogP contribution in [0.5, 0.6) is 0 Å². The van der Waals surface area contributed by atoms with Gasteiger partial charge in [0.15, 0.2) is 0 Å². The highest BCUT2D eigenvalue weighted by Crippen LogP contribution is 2.24. The van der Waals surface area contributed by atoms with Crippen LogP contribution in [0.2, 0.25) is 0 Å². The Hall–Kier alpha value is -2.07. The summed E-state index contributed by atoms with van der Waals surface area (Å²) in [6, 6.07) is 2.09. The summed E-state index contributed by atoms with van der Waals surface area (Å²) in [4.78, 5) is 6.77. The molecule has 1 aliphatic carbocycles. The lowest BCUT2D eigenvalue weighted by molar-refractivity contribution is 0.130. The molecule has 1 fully saturated rings. The van der Waals surface area contributed by atoms with Crippen LogP contribution in [-0.2, 0) is 0 Å². The number of rotatable bonds is 8. The van der Waals surface area contributed by atoms with E-state index in [-0.39, 0.29) is 6.10 Å². The Morgan fingerprint density at radius 2 is 2.04 bits per heavy atom. The molecule has 1 aromatic heterocycles. The first kappa shape index (κ1) is 24.0. The number of aliphatic hydroxyl groups is 1. The van der Waals surface area contributed by atoms with Crippen LogP contribution in [-0.4, -0.2) is 29.8 Å². The minimum Gasteiger partial charge on any atom is -0.393 e. The highest BCUT2D eigenvalue weighted by atomic mass is 16.3. The van der Waals surface area contributed by atoms with Crippen molar-refractivity contribution in [3.05, 3.63) is 48.3 Å². The summed E-state index contributed by atoms with van der Waals surface area (Å²) in [6.45, 7) is 11.0. The molecule has 4 nitrogen and oxygen atoms in total. The lowest BCUT2D eigenvalue weighted by atomic mass is 9.98. The van der Waals surface area contributed by atoms with Gasteiger partial charge in [0.05, 0.1) is 6.10 Å². The van der Waals surface area contributed by atoms with Gasteiger partial charge in [-0.05, 0) is 39.2 Å². The Bertz CT molecular complexity index is 631. The third-order valence-electron chi connectivity index (χ3n) is 4.89. The van der Waals surface area contributed by atoms with Gasteiger partial charge in [-0.15, -0.1) is 0 Å². The molecular weight excluding hydrogens is 346 g/mol. The third-order valence-corrected chi connectivity index (χ3v) is 4.89. The number of unbranched alkanes of at least 4 members (excludes halogenated alkanes) is 1. The van der Waals surface area contributed by atoms with Gasteiger partial charge >= 0.3 is 0 Å². The molecule has 4 heteroatoms.